The Morgan fingerprint density at radius 2 is 1.62 bits per heavy atom. The van der Waals surface area contributed by atoms with Gasteiger partial charge in [-0.2, -0.15) is 0 Å². The molecular weight excluding hydrogens is 466 g/mol. The van der Waals surface area contributed by atoms with Crippen molar-refractivity contribution in [3.63, 3.8) is 0 Å². The fraction of sp³-hybridized carbons (Fsp3) is 0.500. The smallest absolute Gasteiger partial charge is 0.408 e. The molecule has 2 aromatic carbocycles. The highest BCUT2D eigenvalue weighted by Crippen LogP contribution is 2.35. The van der Waals surface area contributed by atoms with Gasteiger partial charge in [0.05, 0.1) is 0 Å². The van der Waals surface area contributed by atoms with E-state index in [0.29, 0.717) is 0 Å². The van der Waals surface area contributed by atoms with Crippen molar-refractivity contribution in [2.45, 2.75) is 97.9 Å². The van der Waals surface area contributed by atoms with Gasteiger partial charge in [-0.15, -0.1) is 0 Å². The summed E-state index contributed by atoms with van der Waals surface area (Å²) in [4.78, 5) is 42.0. The van der Waals surface area contributed by atoms with Crippen molar-refractivity contribution in [1.29, 1.82) is 0 Å². The van der Waals surface area contributed by atoms with Crippen molar-refractivity contribution < 1.29 is 19.1 Å². The summed E-state index contributed by atoms with van der Waals surface area (Å²) in [5, 5.41) is 5.78. The summed E-state index contributed by atoms with van der Waals surface area (Å²) in [5.41, 5.74) is 3.87. The SMILES string of the molecule is CCc1ccc(C(C(=O)Nc2c(C)cccc2C)N(C(=O)C(C)NC(=O)OC(C)(C)C)C2CCC2)cc1. The maximum absolute atomic E-state index is 14.0. The van der Waals surface area contributed by atoms with E-state index in [-0.39, 0.29) is 17.9 Å². The average Bonchev–Trinajstić information content (AvgIpc) is 2.78. The van der Waals surface area contributed by atoms with Gasteiger partial charge in [-0.3, -0.25) is 9.59 Å². The molecule has 0 bridgehead atoms. The zero-order chi connectivity index (χ0) is 27.3. The lowest BCUT2D eigenvalue weighted by Gasteiger charge is -2.43. The van der Waals surface area contributed by atoms with Gasteiger partial charge >= 0.3 is 6.09 Å². The Kier molecular flexibility index (Phi) is 9.00. The molecule has 1 saturated carbocycles. The van der Waals surface area contributed by atoms with E-state index in [1.165, 1.54) is 0 Å². The van der Waals surface area contributed by atoms with Gasteiger partial charge < -0.3 is 20.3 Å². The number of anilines is 1. The minimum absolute atomic E-state index is 0.0880. The monoisotopic (exact) mass is 507 g/mol. The maximum Gasteiger partial charge on any atom is 0.408 e. The second-order valence-corrected chi connectivity index (χ2v) is 11.0. The zero-order valence-electron chi connectivity index (χ0n) is 23.2. The van der Waals surface area contributed by atoms with Crippen molar-refractivity contribution >= 4 is 23.6 Å². The Bertz CT molecular complexity index is 1100. The van der Waals surface area contributed by atoms with Gasteiger partial charge in [0.15, 0.2) is 0 Å². The van der Waals surface area contributed by atoms with Crippen molar-refractivity contribution in [2.24, 2.45) is 0 Å². The number of benzene rings is 2. The van der Waals surface area contributed by atoms with Crippen LogP contribution in [0, 0.1) is 13.8 Å². The van der Waals surface area contributed by atoms with Gasteiger partial charge in [0.1, 0.15) is 17.7 Å². The van der Waals surface area contributed by atoms with Crippen LogP contribution in [0.1, 0.15) is 82.2 Å². The molecule has 0 aromatic heterocycles. The van der Waals surface area contributed by atoms with Gasteiger partial charge in [-0.25, -0.2) is 4.79 Å². The van der Waals surface area contributed by atoms with E-state index in [1.807, 2.05) is 56.3 Å². The van der Waals surface area contributed by atoms with Crippen molar-refractivity contribution in [3.8, 4) is 0 Å². The number of hydrogen-bond acceptors (Lipinski definition) is 4. The number of nitrogens with one attached hydrogen (secondary N) is 2. The van der Waals surface area contributed by atoms with E-state index in [1.54, 1.807) is 32.6 Å². The summed E-state index contributed by atoms with van der Waals surface area (Å²) in [5.74, 6) is -0.580. The van der Waals surface area contributed by atoms with Crippen LogP contribution >= 0.6 is 0 Å². The first-order chi connectivity index (χ1) is 17.4. The van der Waals surface area contributed by atoms with Crippen molar-refractivity contribution in [2.75, 3.05) is 5.32 Å². The molecule has 2 unspecified atom stereocenters. The quantitative estimate of drug-likeness (QED) is 0.470. The van der Waals surface area contributed by atoms with Gasteiger partial charge in [0.2, 0.25) is 5.91 Å². The average molecular weight is 508 g/mol. The van der Waals surface area contributed by atoms with E-state index in [4.69, 9.17) is 4.74 Å². The van der Waals surface area contributed by atoms with Crippen LogP contribution in [-0.4, -0.2) is 40.5 Å². The van der Waals surface area contributed by atoms with Crippen LogP contribution in [0.3, 0.4) is 0 Å². The number of amides is 3. The van der Waals surface area contributed by atoms with E-state index in [9.17, 15) is 14.4 Å². The molecule has 0 radical (unpaired) electrons. The number of carbonyl (C=O) groups excluding carboxylic acids is 3. The van der Waals surface area contributed by atoms with Crippen LogP contribution in [-0.2, 0) is 20.7 Å². The van der Waals surface area contributed by atoms with Crippen LogP contribution in [0.4, 0.5) is 10.5 Å². The zero-order valence-corrected chi connectivity index (χ0v) is 23.2. The fourth-order valence-electron chi connectivity index (χ4n) is 4.53. The van der Waals surface area contributed by atoms with Gasteiger partial charge in [-0.05, 0) is 89.5 Å². The van der Waals surface area contributed by atoms with E-state index < -0.39 is 23.8 Å². The molecule has 7 heteroatoms. The Hall–Kier alpha value is -3.35. The number of hydrogen-bond donors (Lipinski definition) is 2. The summed E-state index contributed by atoms with van der Waals surface area (Å²) >= 11 is 0. The van der Waals surface area contributed by atoms with E-state index >= 15 is 0 Å². The summed E-state index contributed by atoms with van der Waals surface area (Å²) < 4.78 is 5.36. The number of nitrogens with zero attached hydrogens (tertiary/aromatic N) is 1. The largest absolute Gasteiger partial charge is 0.444 e. The first kappa shape index (κ1) is 28.2. The van der Waals surface area contributed by atoms with Crippen molar-refractivity contribution in [1.82, 2.24) is 10.2 Å². The van der Waals surface area contributed by atoms with Gasteiger partial charge in [0, 0.05) is 11.7 Å². The number of aryl methyl sites for hydroxylation is 3. The number of ether oxygens (including phenoxy) is 1. The molecule has 7 nitrogen and oxygen atoms in total. The number of rotatable bonds is 8. The Morgan fingerprint density at radius 1 is 1.03 bits per heavy atom. The van der Waals surface area contributed by atoms with Crippen LogP contribution in [0.25, 0.3) is 0 Å². The topological polar surface area (TPSA) is 87.7 Å². The lowest BCUT2D eigenvalue weighted by atomic mass is 9.88. The van der Waals surface area contributed by atoms with Crippen LogP contribution < -0.4 is 10.6 Å². The maximum atomic E-state index is 14.0. The molecule has 3 amide bonds. The third kappa shape index (κ3) is 7.12. The van der Waals surface area contributed by atoms with E-state index in [0.717, 1.165) is 53.6 Å². The number of para-hydroxylation sites is 1. The molecule has 200 valence electrons. The lowest BCUT2D eigenvalue weighted by molar-refractivity contribution is -0.145. The first-order valence-corrected chi connectivity index (χ1v) is 13.2. The van der Waals surface area contributed by atoms with E-state index in [2.05, 4.69) is 17.6 Å². The first-order valence-electron chi connectivity index (χ1n) is 13.2. The molecule has 37 heavy (non-hydrogen) atoms. The second-order valence-electron chi connectivity index (χ2n) is 11.0. The minimum Gasteiger partial charge on any atom is -0.444 e. The third-order valence-electron chi connectivity index (χ3n) is 6.79. The Morgan fingerprint density at radius 3 is 2.11 bits per heavy atom. The molecule has 1 fully saturated rings. The normalized spacial score (nSPS) is 15.2. The van der Waals surface area contributed by atoms with Crippen molar-refractivity contribution in [3.05, 3.63) is 64.7 Å². The molecule has 1 aliphatic rings. The predicted octanol–water partition coefficient (Wildman–Crippen LogP) is 5.84. The highest BCUT2D eigenvalue weighted by Gasteiger charge is 2.41. The fourth-order valence-corrected chi connectivity index (χ4v) is 4.53. The summed E-state index contributed by atoms with van der Waals surface area (Å²) in [6, 6.07) is 11.9. The molecular formula is C30H41N3O4. The summed E-state index contributed by atoms with van der Waals surface area (Å²) in [6.07, 6.45) is 2.82. The van der Waals surface area contributed by atoms with Crippen LogP contribution in [0.15, 0.2) is 42.5 Å². The summed E-state index contributed by atoms with van der Waals surface area (Å²) in [6.45, 7) is 12.9. The Balaban J connectivity index is 1.98. The highest BCUT2D eigenvalue weighted by molar-refractivity contribution is 6.00. The lowest BCUT2D eigenvalue weighted by Crippen LogP contribution is -2.56. The van der Waals surface area contributed by atoms with Crippen LogP contribution in [0.5, 0.6) is 0 Å². The molecule has 2 aromatic rings. The van der Waals surface area contributed by atoms with Gasteiger partial charge in [0.25, 0.3) is 5.91 Å². The molecule has 2 N–H and O–H groups in total. The molecule has 0 spiro atoms. The molecule has 0 aliphatic heterocycles. The third-order valence-corrected chi connectivity index (χ3v) is 6.79. The molecule has 2 atom stereocenters. The summed E-state index contributed by atoms with van der Waals surface area (Å²) in [7, 11) is 0. The standard InChI is InChI=1S/C30H41N3O4/c1-8-22-15-17-23(18-16-22)26(27(34)32-25-19(2)11-9-12-20(25)3)33(24-13-10-14-24)28(35)21(4)31-29(36)37-30(5,6)7/h9,11-12,15-18,21,24,26H,8,10,13-14H2,1-7H3,(H,31,36)(H,32,34). The van der Waals surface area contributed by atoms with Gasteiger partial charge in [-0.1, -0.05) is 49.4 Å². The number of carbonyl (C=O) groups is 3. The second kappa shape index (κ2) is 11.8. The molecule has 3 rings (SSSR count). The molecule has 0 saturated heterocycles. The molecule has 1 aliphatic carbocycles. The highest BCUT2D eigenvalue weighted by atomic mass is 16.6. The minimum atomic E-state index is -0.860. The van der Waals surface area contributed by atoms with Crippen LogP contribution in [0.2, 0.25) is 0 Å². The Labute approximate surface area is 221 Å². The predicted molar refractivity (Wildman–Crippen MR) is 146 cm³/mol. The molecule has 0 heterocycles. The number of alkyl carbamates (subject to hydrolysis) is 1.